The molecule has 2 heterocycles. The lowest BCUT2D eigenvalue weighted by atomic mass is 10.4. The number of nitrogens with zero attached hydrogens (tertiary/aromatic N) is 2. The Morgan fingerprint density at radius 2 is 2.24 bits per heavy atom. The van der Waals surface area contributed by atoms with Crippen LogP contribution in [0.5, 0.6) is 5.88 Å². The third-order valence-corrected chi connectivity index (χ3v) is 2.45. The molecule has 0 atom stereocenters. The molecule has 2 rings (SSSR count). The molecule has 0 amide bonds. The minimum atomic E-state index is 0.478. The molecule has 0 aromatic carbocycles. The van der Waals surface area contributed by atoms with E-state index in [1.165, 1.54) is 0 Å². The summed E-state index contributed by atoms with van der Waals surface area (Å²) >= 11 is 0. The van der Waals surface area contributed by atoms with Crippen molar-refractivity contribution in [1.29, 1.82) is 0 Å². The SMILES string of the molecule is CCOc1nc(NN2CCOCC2)ccc1N. The van der Waals surface area contributed by atoms with Gasteiger partial charge in [-0.15, -0.1) is 0 Å². The van der Waals surface area contributed by atoms with Gasteiger partial charge in [0.1, 0.15) is 5.82 Å². The van der Waals surface area contributed by atoms with E-state index in [4.69, 9.17) is 15.2 Å². The maximum Gasteiger partial charge on any atom is 0.239 e. The van der Waals surface area contributed by atoms with Crippen molar-refractivity contribution >= 4 is 11.5 Å². The van der Waals surface area contributed by atoms with E-state index in [1.807, 2.05) is 13.0 Å². The second kappa shape index (κ2) is 5.70. The van der Waals surface area contributed by atoms with Crippen molar-refractivity contribution in [2.24, 2.45) is 0 Å². The highest BCUT2D eigenvalue weighted by Gasteiger charge is 2.11. The minimum absolute atomic E-state index is 0.478. The van der Waals surface area contributed by atoms with Crippen LogP contribution >= 0.6 is 0 Å². The maximum atomic E-state index is 5.76. The number of aromatic nitrogens is 1. The molecule has 1 aliphatic heterocycles. The van der Waals surface area contributed by atoms with E-state index in [0.717, 1.165) is 32.1 Å². The molecule has 1 aromatic rings. The Kier molecular flexibility index (Phi) is 4.00. The molecule has 0 unspecified atom stereocenters. The van der Waals surface area contributed by atoms with Gasteiger partial charge in [-0.2, -0.15) is 4.98 Å². The van der Waals surface area contributed by atoms with E-state index in [0.29, 0.717) is 18.2 Å². The topological polar surface area (TPSA) is 72.6 Å². The van der Waals surface area contributed by atoms with Gasteiger partial charge >= 0.3 is 0 Å². The van der Waals surface area contributed by atoms with Gasteiger partial charge in [0.05, 0.1) is 25.5 Å². The van der Waals surface area contributed by atoms with Crippen LogP contribution in [0.1, 0.15) is 6.92 Å². The molecule has 1 fully saturated rings. The van der Waals surface area contributed by atoms with Crippen LogP contribution in [0, 0.1) is 0 Å². The van der Waals surface area contributed by atoms with Crippen molar-refractivity contribution < 1.29 is 9.47 Å². The van der Waals surface area contributed by atoms with Gasteiger partial charge in [-0.1, -0.05) is 0 Å². The number of morpholine rings is 1. The Bertz CT molecular complexity index is 366. The Morgan fingerprint density at radius 1 is 1.47 bits per heavy atom. The van der Waals surface area contributed by atoms with Crippen molar-refractivity contribution in [3.05, 3.63) is 12.1 Å². The zero-order valence-electron chi connectivity index (χ0n) is 9.98. The molecule has 6 heteroatoms. The third-order valence-electron chi connectivity index (χ3n) is 2.45. The van der Waals surface area contributed by atoms with Crippen LogP contribution in [0.25, 0.3) is 0 Å². The van der Waals surface area contributed by atoms with Crippen molar-refractivity contribution in [3.8, 4) is 5.88 Å². The number of pyridine rings is 1. The fraction of sp³-hybridized carbons (Fsp3) is 0.545. The molecule has 6 nitrogen and oxygen atoms in total. The van der Waals surface area contributed by atoms with Gasteiger partial charge < -0.3 is 20.6 Å². The Hall–Kier alpha value is -1.53. The summed E-state index contributed by atoms with van der Waals surface area (Å²) in [6.07, 6.45) is 0. The summed E-state index contributed by atoms with van der Waals surface area (Å²) in [5, 5.41) is 2.07. The molecule has 17 heavy (non-hydrogen) atoms. The minimum Gasteiger partial charge on any atom is -0.476 e. The van der Waals surface area contributed by atoms with Crippen LogP contribution in [0.4, 0.5) is 11.5 Å². The first kappa shape index (κ1) is 11.9. The predicted octanol–water partition coefficient (Wildman–Crippen LogP) is 0.722. The van der Waals surface area contributed by atoms with Gasteiger partial charge in [-0.3, -0.25) is 0 Å². The Labute approximate surface area is 101 Å². The molecule has 94 valence electrons. The average Bonchev–Trinajstić information content (AvgIpc) is 2.35. The van der Waals surface area contributed by atoms with Gasteiger partial charge in [-0.05, 0) is 19.1 Å². The summed E-state index contributed by atoms with van der Waals surface area (Å²) in [6.45, 7) is 5.62. The molecule has 0 saturated carbocycles. The van der Waals surface area contributed by atoms with E-state index in [1.54, 1.807) is 6.07 Å². The standard InChI is InChI=1S/C11H18N4O2/c1-2-17-11-9(12)3-4-10(13-11)14-15-5-7-16-8-6-15/h3-4H,2,5-8,12H2,1H3,(H,13,14). The second-order valence-corrected chi connectivity index (χ2v) is 3.74. The molecule has 3 N–H and O–H groups in total. The van der Waals surface area contributed by atoms with Gasteiger partial charge in [0.15, 0.2) is 0 Å². The molecule has 0 aliphatic carbocycles. The van der Waals surface area contributed by atoms with Gasteiger partial charge in [0.25, 0.3) is 0 Å². The first-order valence-corrected chi connectivity index (χ1v) is 5.78. The molecule has 1 aliphatic rings. The molecule has 1 saturated heterocycles. The smallest absolute Gasteiger partial charge is 0.239 e. The highest BCUT2D eigenvalue weighted by molar-refractivity contribution is 5.53. The summed E-state index contributed by atoms with van der Waals surface area (Å²) < 4.78 is 10.6. The van der Waals surface area contributed by atoms with Crippen LogP contribution in [0.3, 0.4) is 0 Å². The Morgan fingerprint density at radius 3 is 2.94 bits per heavy atom. The molecule has 1 aromatic heterocycles. The summed E-state index contributed by atoms with van der Waals surface area (Å²) in [6, 6.07) is 3.63. The van der Waals surface area contributed by atoms with Crippen molar-refractivity contribution in [2.45, 2.75) is 6.92 Å². The second-order valence-electron chi connectivity index (χ2n) is 3.74. The van der Waals surface area contributed by atoms with Crippen LogP contribution in [-0.2, 0) is 4.74 Å². The van der Waals surface area contributed by atoms with Crippen LogP contribution < -0.4 is 15.9 Å². The number of nitrogen functional groups attached to an aromatic ring is 1. The molecule has 0 spiro atoms. The highest BCUT2D eigenvalue weighted by atomic mass is 16.5. The monoisotopic (exact) mass is 238 g/mol. The van der Waals surface area contributed by atoms with E-state index in [9.17, 15) is 0 Å². The zero-order valence-corrected chi connectivity index (χ0v) is 9.98. The molecular formula is C11H18N4O2. The lowest BCUT2D eigenvalue weighted by Gasteiger charge is -2.27. The van der Waals surface area contributed by atoms with Gasteiger partial charge in [0, 0.05) is 13.1 Å². The number of ether oxygens (including phenoxy) is 2. The Balaban J connectivity index is 2.02. The first-order chi connectivity index (χ1) is 8.29. The number of nitrogens with one attached hydrogen (secondary N) is 1. The highest BCUT2D eigenvalue weighted by Crippen LogP contribution is 2.21. The van der Waals surface area contributed by atoms with E-state index >= 15 is 0 Å². The lowest BCUT2D eigenvalue weighted by molar-refractivity contribution is 0.0494. The van der Waals surface area contributed by atoms with Crippen molar-refractivity contribution in [1.82, 2.24) is 9.99 Å². The molecule has 0 radical (unpaired) electrons. The molecule has 0 bridgehead atoms. The normalized spacial score (nSPS) is 16.8. The quantitative estimate of drug-likeness (QED) is 0.805. The van der Waals surface area contributed by atoms with Crippen LogP contribution in [0.2, 0.25) is 0 Å². The van der Waals surface area contributed by atoms with Crippen LogP contribution in [0.15, 0.2) is 12.1 Å². The molecular weight excluding hydrogens is 220 g/mol. The maximum absolute atomic E-state index is 5.76. The summed E-state index contributed by atoms with van der Waals surface area (Å²) in [5.41, 5.74) is 9.53. The van der Waals surface area contributed by atoms with Crippen LogP contribution in [-0.4, -0.2) is 42.9 Å². The number of hydrazine groups is 1. The zero-order chi connectivity index (χ0) is 12.1. The average molecular weight is 238 g/mol. The number of rotatable bonds is 4. The van der Waals surface area contributed by atoms with E-state index in [-0.39, 0.29) is 0 Å². The van der Waals surface area contributed by atoms with Crippen molar-refractivity contribution in [3.63, 3.8) is 0 Å². The summed E-state index contributed by atoms with van der Waals surface area (Å²) in [7, 11) is 0. The van der Waals surface area contributed by atoms with Crippen molar-refractivity contribution in [2.75, 3.05) is 44.1 Å². The third kappa shape index (κ3) is 3.21. The number of hydrogen-bond acceptors (Lipinski definition) is 6. The number of anilines is 2. The van der Waals surface area contributed by atoms with E-state index in [2.05, 4.69) is 15.4 Å². The lowest BCUT2D eigenvalue weighted by Crippen LogP contribution is -2.40. The summed E-state index contributed by atoms with van der Waals surface area (Å²) in [4.78, 5) is 4.32. The first-order valence-electron chi connectivity index (χ1n) is 5.78. The van der Waals surface area contributed by atoms with E-state index < -0.39 is 0 Å². The largest absolute Gasteiger partial charge is 0.476 e. The fourth-order valence-corrected chi connectivity index (χ4v) is 1.60. The van der Waals surface area contributed by atoms with Gasteiger partial charge in [-0.25, -0.2) is 5.01 Å². The number of hydrogen-bond donors (Lipinski definition) is 2. The summed E-state index contributed by atoms with van der Waals surface area (Å²) in [5.74, 6) is 1.22. The number of nitrogens with two attached hydrogens (primary N) is 1. The fourth-order valence-electron chi connectivity index (χ4n) is 1.60. The predicted molar refractivity (Wildman–Crippen MR) is 65.8 cm³/mol. The van der Waals surface area contributed by atoms with Gasteiger partial charge in [0.2, 0.25) is 5.88 Å².